The Bertz CT molecular complexity index is 100. The average Bonchev–Trinajstić information content (AvgIpc) is 1.88. The van der Waals surface area contributed by atoms with Crippen LogP contribution in [0.3, 0.4) is 0 Å². The zero-order valence-electron chi connectivity index (χ0n) is 7.00. The van der Waals surface area contributed by atoms with Gasteiger partial charge in [-0.1, -0.05) is 0 Å². The fourth-order valence-corrected chi connectivity index (χ4v) is 1.16. The minimum absolute atomic E-state index is 0. The third-order valence-electron chi connectivity index (χ3n) is 1.58. The van der Waals surface area contributed by atoms with E-state index in [1.54, 1.807) is 7.11 Å². The molecule has 0 bridgehead atoms. The van der Waals surface area contributed by atoms with E-state index in [0.717, 1.165) is 13.1 Å². The Hall–Kier alpha value is 0.170. The molecule has 11 heavy (non-hydrogen) atoms. The van der Waals surface area contributed by atoms with Crippen LogP contribution in [-0.4, -0.2) is 39.0 Å². The minimum Gasteiger partial charge on any atom is -0.382 e. The van der Waals surface area contributed by atoms with Gasteiger partial charge >= 0.3 is 0 Å². The predicted molar refractivity (Wildman–Crippen MR) is 46.3 cm³/mol. The number of nitrogens with one attached hydrogen (secondary N) is 1. The highest BCUT2D eigenvalue weighted by Crippen LogP contribution is 2.02. The van der Waals surface area contributed by atoms with E-state index < -0.39 is 0 Å². The van der Waals surface area contributed by atoms with Crippen LogP contribution in [0.4, 0.5) is 0 Å². The van der Waals surface area contributed by atoms with Crippen LogP contribution >= 0.6 is 12.4 Å². The van der Waals surface area contributed by atoms with Gasteiger partial charge in [-0.25, -0.2) is 0 Å². The second-order valence-electron chi connectivity index (χ2n) is 2.68. The molecule has 0 amide bonds. The predicted octanol–water partition coefficient (Wildman–Crippen LogP) is 0.432. The number of rotatable bonds is 2. The van der Waals surface area contributed by atoms with Crippen LogP contribution in [0.1, 0.15) is 6.92 Å². The summed E-state index contributed by atoms with van der Waals surface area (Å²) in [5.41, 5.74) is 0. The van der Waals surface area contributed by atoms with Crippen molar-refractivity contribution in [1.82, 2.24) is 5.32 Å². The maximum atomic E-state index is 5.54. The van der Waals surface area contributed by atoms with Gasteiger partial charge in [0.1, 0.15) is 0 Å². The maximum absolute atomic E-state index is 5.54. The average molecular weight is 182 g/mol. The van der Waals surface area contributed by atoms with Gasteiger partial charge in [0.25, 0.3) is 0 Å². The van der Waals surface area contributed by atoms with E-state index in [1.807, 2.05) is 0 Å². The monoisotopic (exact) mass is 181 g/mol. The molecule has 1 aliphatic heterocycles. The Kier molecular flexibility index (Phi) is 5.86. The number of methoxy groups -OCH3 is 1. The van der Waals surface area contributed by atoms with Crippen molar-refractivity contribution < 1.29 is 9.47 Å². The van der Waals surface area contributed by atoms with Crippen LogP contribution in [0.2, 0.25) is 0 Å². The first-order chi connectivity index (χ1) is 4.83. The molecule has 0 aromatic carbocycles. The van der Waals surface area contributed by atoms with Gasteiger partial charge < -0.3 is 14.8 Å². The van der Waals surface area contributed by atoms with Crippen molar-refractivity contribution in [2.75, 3.05) is 26.8 Å². The topological polar surface area (TPSA) is 30.5 Å². The van der Waals surface area contributed by atoms with E-state index in [9.17, 15) is 0 Å². The molecule has 3 nitrogen and oxygen atoms in total. The molecule has 1 fully saturated rings. The highest BCUT2D eigenvalue weighted by atomic mass is 35.5. The molecule has 4 heteroatoms. The number of hydrogen-bond acceptors (Lipinski definition) is 3. The molecular formula is C7H16ClNO2. The molecule has 0 saturated carbocycles. The number of morpholine rings is 1. The van der Waals surface area contributed by atoms with Gasteiger partial charge in [0, 0.05) is 20.2 Å². The van der Waals surface area contributed by atoms with Crippen molar-refractivity contribution in [3.8, 4) is 0 Å². The molecule has 0 spiro atoms. The summed E-state index contributed by atoms with van der Waals surface area (Å²) < 4.78 is 10.5. The SMILES string of the molecule is COC[C@H]1CNCC(C)O1.Cl. The lowest BCUT2D eigenvalue weighted by Gasteiger charge is -2.27. The minimum atomic E-state index is 0. The van der Waals surface area contributed by atoms with Crippen LogP contribution in [-0.2, 0) is 9.47 Å². The largest absolute Gasteiger partial charge is 0.382 e. The zero-order chi connectivity index (χ0) is 7.40. The van der Waals surface area contributed by atoms with Crippen LogP contribution in [0.5, 0.6) is 0 Å². The van der Waals surface area contributed by atoms with E-state index in [4.69, 9.17) is 9.47 Å². The van der Waals surface area contributed by atoms with Gasteiger partial charge in [0.2, 0.25) is 0 Å². The second kappa shape index (κ2) is 5.77. The summed E-state index contributed by atoms with van der Waals surface area (Å²) in [6.45, 7) is 4.63. The quantitative estimate of drug-likeness (QED) is 0.671. The zero-order valence-corrected chi connectivity index (χ0v) is 7.82. The number of hydrogen-bond donors (Lipinski definition) is 1. The molecular weight excluding hydrogens is 166 g/mol. The van der Waals surface area contributed by atoms with Crippen LogP contribution in [0, 0.1) is 0 Å². The fourth-order valence-electron chi connectivity index (χ4n) is 1.16. The van der Waals surface area contributed by atoms with Crippen molar-refractivity contribution in [3.05, 3.63) is 0 Å². The highest BCUT2D eigenvalue weighted by Gasteiger charge is 2.17. The third kappa shape index (κ3) is 3.91. The molecule has 1 heterocycles. The van der Waals surface area contributed by atoms with Crippen LogP contribution < -0.4 is 5.32 Å². The van der Waals surface area contributed by atoms with Crippen molar-refractivity contribution in [3.63, 3.8) is 0 Å². The molecule has 68 valence electrons. The highest BCUT2D eigenvalue weighted by molar-refractivity contribution is 5.85. The summed E-state index contributed by atoms with van der Waals surface area (Å²) in [6, 6.07) is 0. The van der Waals surface area contributed by atoms with Gasteiger partial charge in [-0.05, 0) is 6.92 Å². The third-order valence-corrected chi connectivity index (χ3v) is 1.58. The smallest absolute Gasteiger partial charge is 0.0936 e. The van der Waals surface area contributed by atoms with E-state index >= 15 is 0 Å². The molecule has 1 unspecified atom stereocenters. The molecule has 2 atom stereocenters. The van der Waals surface area contributed by atoms with Crippen molar-refractivity contribution in [1.29, 1.82) is 0 Å². The number of ether oxygens (including phenoxy) is 2. The van der Waals surface area contributed by atoms with Gasteiger partial charge in [0.15, 0.2) is 0 Å². The standard InChI is InChI=1S/C7H15NO2.ClH/c1-6-3-8-4-7(10-6)5-9-2;/h6-8H,3-5H2,1-2H3;1H/t6?,7-;/m1./s1. The van der Waals surface area contributed by atoms with E-state index in [0.29, 0.717) is 12.7 Å². The summed E-state index contributed by atoms with van der Waals surface area (Å²) in [4.78, 5) is 0. The van der Waals surface area contributed by atoms with E-state index in [2.05, 4.69) is 12.2 Å². The van der Waals surface area contributed by atoms with E-state index in [-0.39, 0.29) is 18.5 Å². The summed E-state index contributed by atoms with van der Waals surface area (Å²) in [5, 5.41) is 3.26. The van der Waals surface area contributed by atoms with Crippen molar-refractivity contribution in [2.45, 2.75) is 19.1 Å². The molecule has 0 radical (unpaired) electrons. The summed E-state index contributed by atoms with van der Waals surface area (Å²) in [5.74, 6) is 0. The van der Waals surface area contributed by atoms with Gasteiger partial charge in [0.05, 0.1) is 18.8 Å². The molecule has 1 rings (SSSR count). The second-order valence-corrected chi connectivity index (χ2v) is 2.68. The lowest BCUT2D eigenvalue weighted by molar-refractivity contribution is -0.0602. The van der Waals surface area contributed by atoms with Crippen LogP contribution in [0.15, 0.2) is 0 Å². The van der Waals surface area contributed by atoms with Crippen molar-refractivity contribution in [2.24, 2.45) is 0 Å². The molecule has 0 aliphatic carbocycles. The van der Waals surface area contributed by atoms with Crippen LogP contribution in [0.25, 0.3) is 0 Å². The normalized spacial score (nSPS) is 31.1. The molecule has 0 aromatic heterocycles. The van der Waals surface area contributed by atoms with Crippen molar-refractivity contribution >= 4 is 12.4 Å². The molecule has 0 aromatic rings. The van der Waals surface area contributed by atoms with Gasteiger partial charge in [-0.3, -0.25) is 0 Å². The first kappa shape index (κ1) is 11.2. The Morgan fingerprint density at radius 1 is 1.55 bits per heavy atom. The van der Waals surface area contributed by atoms with E-state index in [1.165, 1.54) is 0 Å². The lowest BCUT2D eigenvalue weighted by atomic mass is 10.2. The first-order valence-electron chi connectivity index (χ1n) is 3.68. The Labute approximate surface area is 73.9 Å². The summed E-state index contributed by atoms with van der Waals surface area (Å²) in [7, 11) is 1.70. The Morgan fingerprint density at radius 2 is 2.27 bits per heavy atom. The molecule has 1 saturated heterocycles. The first-order valence-corrected chi connectivity index (χ1v) is 3.68. The molecule has 1 N–H and O–H groups in total. The molecule has 1 aliphatic rings. The van der Waals surface area contributed by atoms with Gasteiger partial charge in [-0.15, -0.1) is 12.4 Å². The summed E-state index contributed by atoms with van der Waals surface area (Å²) in [6.07, 6.45) is 0.572. The maximum Gasteiger partial charge on any atom is 0.0936 e. The fraction of sp³-hybridized carbons (Fsp3) is 1.00. The lowest BCUT2D eigenvalue weighted by Crippen LogP contribution is -2.45. The summed E-state index contributed by atoms with van der Waals surface area (Å²) >= 11 is 0. The number of halogens is 1. The Balaban J connectivity index is 0.000001000. The van der Waals surface area contributed by atoms with Gasteiger partial charge in [-0.2, -0.15) is 0 Å². The Morgan fingerprint density at radius 3 is 2.82 bits per heavy atom.